The van der Waals surface area contributed by atoms with E-state index in [-0.39, 0.29) is 6.04 Å². The lowest BCUT2D eigenvalue weighted by Crippen LogP contribution is -2.38. The van der Waals surface area contributed by atoms with Gasteiger partial charge in [-0.15, -0.1) is 0 Å². The molecular weight excluding hydrogens is 448 g/mol. The van der Waals surface area contributed by atoms with Crippen molar-refractivity contribution in [3.8, 4) is 11.1 Å². The smallest absolute Gasteiger partial charge is 0.180 e. The summed E-state index contributed by atoms with van der Waals surface area (Å²) >= 11 is 0. The van der Waals surface area contributed by atoms with Gasteiger partial charge < -0.3 is 18.9 Å². The van der Waals surface area contributed by atoms with E-state index >= 15 is 0 Å². The van der Waals surface area contributed by atoms with Crippen LogP contribution in [0.5, 0.6) is 0 Å². The molecular formula is C31H38N2O3. The van der Waals surface area contributed by atoms with E-state index in [1.807, 2.05) is 13.8 Å². The van der Waals surface area contributed by atoms with Crippen molar-refractivity contribution in [3.05, 3.63) is 94.3 Å². The van der Waals surface area contributed by atoms with Crippen molar-refractivity contribution < 1.29 is 14.0 Å². The fourth-order valence-corrected chi connectivity index (χ4v) is 4.92. The van der Waals surface area contributed by atoms with Crippen LogP contribution in [0.1, 0.15) is 62.5 Å². The summed E-state index contributed by atoms with van der Waals surface area (Å²) in [7, 11) is 1.71. The number of aryl methyl sites for hydroxylation is 2. The SMILES string of the molecule is CCCC1=CC(OCc2ccc(-c3ccccc3)c(CCC)c2)=C(OC)C(C)N1c1noc(C)c1C. The zero-order valence-electron chi connectivity index (χ0n) is 22.4. The van der Waals surface area contributed by atoms with Crippen LogP contribution >= 0.6 is 0 Å². The van der Waals surface area contributed by atoms with Crippen molar-refractivity contribution >= 4 is 5.82 Å². The predicted octanol–water partition coefficient (Wildman–Crippen LogP) is 7.88. The van der Waals surface area contributed by atoms with Crippen LogP contribution < -0.4 is 4.90 Å². The first kappa shape index (κ1) is 25.6. The summed E-state index contributed by atoms with van der Waals surface area (Å²) in [6.45, 7) is 11.0. The van der Waals surface area contributed by atoms with Crippen LogP contribution in [0.15, 0.2) is 76.3 Å². The lowest BCUT2D eigenvalue weighted by atomic mass is 9.95. The van der Waals surface area contributed by atoms with Crippen LogP contribution in [0, 0.1) is 13.8 Å². The molecule has 4 rings (SSSR count). The summed E-state index contributed by atoms with van der Waals surface area (Å²) in [5.74, 6) is 3.25. The Balaban J connectivity index is 1.61. The van der Waals surface area contributed by atoms with Crippen molar-refractivity contribution in [2.75, 3.05) is 12.0 Å². The maximum absolute atomic E-state index is 6.43. The molecule has 36 heavy (non-hydrogen) atoms. The summed E-state index contributed by atoms with van der Waals surface area (Å²) in [4.78, 5) is 2.22. The number of ether oxygens (including phenoxy) is 2. The molecule has 0 aliphatic carbocycles. The van der Waals surface area contributed by atoms with Gasteiger partial charge in [-0.25, -0.2) is 0 Å². The summed E-state index contributed by atoms with van der Waals surface area (Å²) in [5, 5.41) is 4.36. The van der Waals surface area contributed by atoms with Gasteiger partial charge in [-0.2, -0.15) is 0 Å². The largest absolute Gasteiger partial charge is 0.495 e. The minimum absolute atomic E-state index is 0.0594. The number of rotatable bonds is 10. The molecule has 0 bridgehead atoms. The molecule has 1 aromatic heterocycles. The van der Waals surface area contributed by atoms with E-state index in [2.05, 4.69) is 85.4 Å². The molecule has 0 radical (unpaired) electrons. The van der Waals surface area contributed by atoms with Crippen molar-refractivity contribution in [2.24, 2.45) is 0 Å². The first-order valence-corrected chi connectivity index (χ1v) is 13.0. The maximum atomic E-state index is 6.43. The van der Waals surface area contributed by atoms with Gasteiger partial charge in [0.25, 0.3) is 0 Å². The van der Waals surface area contributed by atoms with Gasteiger partial charge in [0, 0.05) is 17.3 Å². The second-order valence-corrected chi connectivity index (χ2v) is 9.45. The minimum atomic E-state index is -0.0594. The fourth-order valence-electron chi connectivity index (χ4n) is 4.92. The topological polar surface area (TPSA) is 47.7 Å². The highest BCUT2D eigenvalue weighted by Crippen LogP contribution is 2.36. The normalized spacial score (nSPS) is 15.8. The van der Waals surface area contributed by atoms with Gasteiger partial charge in [-0.05, 0) is 55.9 Å². The molecule has 0 N–H and O–H groups in total. The highest BCUT2D eigenvalue weighted by atomic mass is 16.5. The third-order valence-electron chi connectivity index (χ3n) is 6.87. The van der Waals surface area contributed by atoms with Crippen LogP contribution in [-0.2, 0) is 22.5 Å². The Morgan fingerprint density at radius 2 is 1.75 bits per heavy atom. The number of nitrogens with zero attached hydrogens (tertiary/aromatic N) is 2. The van der Waals surface area contributed by atoms with Crippen LogP contribution in [0.3, 0.4) is 0 Å². The average Bonchev–Trinajstić information content (AvgIpc) is 3.21. The van der Waals surface area contributed by atoms with E-state index in [1.165, 1.54) is 16.7 Å². The van der Waals surface area contributed by atoms with E-state index in [9.17, 15) is 0 Å². The third kappa shape index (κ3) is 5.20. The van der Waals surface area contributed by atoms with Crippen LogP contribution in [0.25, 0.3) is 11.1 Å². The molecule has 0 saturated heterocycles. The fraction of sp³-hybridized carbons (Fsp3) is 0.387. The molecule has 5 nitrogen and oxygen atoms in total. The summed E-state index contributed by atoms with van der Waals surface area (Å²) in [6.07, 6.45) is 6.17. The predicted molar refractivity (Wildman–Crippen MR) is 146 cm³/mol. The van der Waals surface area contributed by atoms with E-state index in [1.54, 1.807) is 7.11 Å². The van der Waals surface area contributed by atoms with E-state index in [0.29, 0.717) is 6.61 Å². The maximum Gasteiger partial charge on any atom is 0.180 e. The Morgan fingerprint density at radius 3 is 2.39 bits per heavy atom. The van der Waals surface area contributed by atoms with Crippen LogP contribution in [-0.4, -0.2) is 18.3 Å². The second kappa shape index (κ2) is 11.5. The van der Waals surface area contributed by atoms with Gasteiger partial charge in [0.2, 0.25) is 0 Å². The molecule has 0 amide bonds. The highest BCUT2D eigenvalue weighted by Gasteiger charge is 2.33. The molecule has 1 atom stereocenters. The first-order chi connectivity index (χ1) is 17.5. The summed E-state index contributed by atoms with van der Waals surface area (Å²) in [6, 6.07) is 17.2. The minimum Gasteiger partial charge on any atom is -0.495 e. The van der Waals surface area contributed by atoms with Crippen molar-refractivity contribution in [1.82, 2.24) is 5.16 Å². The number of allylic oxidation sites excluding steroid dienone is 2. The molecule has 1 aliphatic rings. The van der Waals surface area contributed by atoms with Crippen molar-refractivity contribution in [2.45, 2.75) is 73.0 Å². The number of methoxy groups -OCH3 is 1. The Hall–Kier alpha value is -3.47. The molecule has 1 unspecified atom stereocenters. The Labute approximate surface area is 215 Å². The van der Waals surface area contributed by atoms with Gasteiger partial charge in [-0.3, -0.25) is 0 Å². The zero-order chi connectivity index (χ0) is 25.7. The molecule has 2 aromatic carbocycles. The molecule has 2 heterocycles. The number of hydrogen-bond donors (Lipinski definition) is 0. The summed E-state index contributed by atoms with van der Waals surface area (Å²) in [5.41, 5.74) is 7.26. The van der Waals surface area contributed by atoms with Gasteiger partial charge in [0.15, 0.2) is 17.3 Å². The number of aromatic nitrogens is 1. The number of hydrogen-bond acceptors (Lipinski definition) is 5. The molecule has 0 saturated carbocycles. The molecule has 190 valence electrons. The number of anilines is 1. The Morgan fingerprint density at radius 1 is 1.00 bits per heavy atom. The molecule has 0 fully saturated rings. The van der Waals surface area contributed by atoms with Gasteiger partial charge in [0.1, 0.15) is 12.4 Å². The lowest BCUT2D eigenvalue weighted by Gasteiger charge is -2.36. The zero-order valence-corrected chi connectivity index (χ0v) is 22.4. The van der Waals surface area contributed by atoms with E-state index in [0.717, 1.165) is 65.6 Å². The first-order valence-electron chi connectivity index (χ1n) is 13.0. The molecule has 5 heteroatoms. The van der Waals surface area contributed by atoms with E-state index in [4.69, 9.17) is 14.0 Å². The van der Waals surface area contributed by atoms with Crippen molar-refractivity contribution in [3.63, 3.8) is 0 Å². The summed E-state index contributed by atoms with van der Waals surface area (Å²) < 4.78 is 17.8. The van der Waals surface area contributed by atoms with Crippen molar-refractivity contribution in [1.29, 1.82) is 0 Å². The molecule has 0 spiro atoms. The quantitative estimate of drug-likeness (QED) is 0.292. The Bertz CT molecular complexity index is 1240. The van der Waals surface area contributed by atoms with Crippen LogP contribution in [0.2, 0.25) is 0 Å². The van der Waals surface area contributed by atoms with E-state index < -0.39 is 0 Å². The van der Waals surface area contributed by atoms with Gasteiger partial charge in [0.05, 0.1) is 13.2 Å². The van der Waals surface area contributed by atoms with Gasteiger partial charge >= 0.3 is 0 Å². The standard InChI is InChI=1S/C31H38N2O3/c1-7-12-26-18-24(16-17-28(26)25-14-10-9-11-15-25)20-35-29-19-27(13-8-2)33(22(4)30(29)34-6)31-21(3)23(5)36-32-31/h9-11,14-19,22H,7-8,12-13,20H2,1-6H3. The van der Waals surface area contributed by atoms with Crippen LogP contribution in [0.4, 0.5) is 5.82 Å². The monoisotopic (exact) mass is 486 g/mol. The van der Waals surface area contributed by atoms with Gasteiger partial charge in [-0.1, -0.05) is 80.4 Å². The molecule has 3 aromatic rings. The molecule has 1 aliphatic heterocycles. The average molecular weight is 487 g/mol. The second-order valence-electron chi connectivity index (χ2n) is 9.45. The lowest BCUT2D eigenvalue weighted by molar-refractivity contribution is 0.165. The highest BCUT2D eigenvalue weighted by molar-refractivity contribution is 5.68. The third-order valence-corrected chi connectivity index (χ3v) is 6.87. The number of benzene rings is 2. The Kier molecular flexibility index (Phi) is 8.19.